The molecule has 0 aliphatic carbocycles. The maximum Gasteiger partial charge on any atom is 0.0774 e. The van der Waals surface area contributed by atoms with Gasteiger partial charge in [-0.15, -0.1) is 47.3 Å². The van der Waals surface area contributed by atoms with E-state index >= 15 is 0 Å². The number of fused-ring (bicyclic) bond motifs is 2. The Balaban J connectivity index is 0.000000230. The van der Waals surface area contributed by atoms with E-state index in [9.17, 15) is 0 Å². The normalized spacial score (nSPS) is 12.4. The van der Waals surface area contributed by atoms with Gasteiger partial charge >= 0.3 is 0 Å². The van der Waals surface area contributed by atoms with Crippen LogP contribution in [0.5, 0.6) is 0 Å². The number of pyridine rings is 1. The molecule has 0 spiro atoms. The van der Waals surface area contributed by atoms with Crippen molar-refractivity contribution in [2.75, 3.05) is 0 Å². The topological polar surface area (TPSA) is 30.7 Å². The first-order valence-electron chi connectivity index (χ1n) is 17.5. The Morgan fingerprint density at radius 2 is 1.55 bits per heavy atom. The van der Waals surface area contributed by atoms with E-state index in [2.05, 4.69) is 140 Å². The van der Waals surface area contributed by atoms with Crippen LogP contribution in [0.3, 0.4) is 0 Å². The summed E-state index contributed by atoms with van der Waals surface area (Å²) in [6, 6.07) is 46.3. The van der Waals surface area contributed by atoms with Crippen molar-refractivity contribution in [1.82, 2.24) is 14.5 Å². The SMILES string of the molecule is Cc1ccc2s[c-]c(-c3nc4ccccc4n3-c3ccc(-c4ccccc4)cc3C(C)(C)C)c2c1.[2H]C([2H])([2H])c1ccc(-c2[c-]cccc2)nc1.[Ir]. The Morgan fingerprint density at radius 3 is 2.29 bits per heavy atom. The predicted molar refractivity (Wildman–Crippen MR) is 203 cm³/mol. The second-order valence-electron chi connectivity index (χ2n) is 12.9. The fourth-order valence-corrected chi connectivity index (χ4v) is 6.76. The number of hydrogen-bond donors (Lipinski definition) is 0. The van der Waals surface area contributed by atoms with Gasteiger partial charge in [-0.1, -0.05) is 115 Å². The number of thiophene rings is 1. The molecule has 8 aromatic rings. The van der Waals surface area contributed by atoms with Gasteiger partial charge in [0.2, 0.25) is 0 Å². The molecule has 0 amide bonds. The molecule has 245 valence electrons. The summed E-state index contributed by atoms with van der Waals surface area (Å²) in [6.07, 6.45) is 1.39. The van der Waals surface area contributed by atoms with Gasteiger partial charge in [0.1, 0.15) is 0 Å². The Bertz CT molecular complexity index is 2440. The number of aryl methyl sites for hydroxylation is 2. The van der Waals surface area contributed by atoms with E-state index in [-0.39, 0.29) is 31.1 Å². The van der Waals surface area contributed by atoms with Crippen molar-refractivity contribution < 1.29 is 24.2 Å². The Kier molecular flexibility index (Phi) is 8.96. The molecule has 3 heterocycles. The monoisotopic (exact) mass is 835 g/mol. The first-order chi connectivity index (χ1) is 24.5. The van der Waals surface area contributed by atoms with Gasteiger partial charge in [-0.25, -0.2) is 0 Å². The minimum atomic E-state index is -2.09. The van der Waals surface area contributed by atoms with Crippen molar-refractivity contribution in [3.05, 3.63) is 162 Å². The van der Waals surface area contributed by atoms with Gasteiger partial charge < -0.3 is 9.55 Å². The molecule has 0 aliphatic rings. The number of imidazole rings is 1. The van der Waals surface area contributed by atoms with Crippen LogP contribution in [0.1, 0.15) is 41.6 Å². The number of hydrogen-bond acceptors (Lipinski definition) is 3. The van der Waals surface area contributed by atoms with E-state index in [1.165, 1.54) is 44.2 Å². The van der Waals surface area contributed by atoms with Crippen LogP contribution in [0.15, 0.2) is 134 Å². The third-order valence-corrected chi connectivity index (χ3v) is 9.24. The molecule has 3 aromatic heterocycles. The van der Waals surface area contributed by atoms with Gasteiger partial charge in [-0.3, -0.25) is 16.3 Å². The van der Waals surface area contributed by atoms with Crippen LogP contribution in [-0.4, -0.2) is 14.5 Å². The molecule has 8 rings (SSSR count). The standard InChI is InChI=1S/C32H27N2S.C12H10N.Ir/c1-21-14-17-30-24(18-21)25(20-35-30)31-33-27-12-8-9-13-29(27)34(31)28-16-15-23(19-26(28)32(2,3)4)22-10-6-5-7-11-22;1-10-7-8-12(13-9-10)11-5-3-2-4-6-11;/h5-19H,1-4H3;2-5,7-9H,1H3;/q2*-1;/i;1D3;. The molecule has 0 atom stereocenters. The molecule has 0 N–H and O–H groups in total. The maximum absolute atomic E-state index is 7.23. The third-order valence-electron chi connectivity index (χ3n) is 8.35. The summed E-state index contributed by atoms with van der Waals surface area (Å²) < 4.78 is 25.3. The fourth-order valence-electron chi connectivity index (χ4n) is 5.94. The van der Waals surface area contributed by atoms with Gasteiger partial charge in [-0.2, -0.15) is 0 Å². The molecule has 0 bridgehead atoms. The average molecular weight is 835 g/mol. The average Bonchev–Trinajstić information content (AvgIpc) is 3.73. The summed E-state index contributed by atoms with van der Waals surface area (Å²) in [7, 11) is 0. The zero-order valence-corrected chi connectivity index (χ0v) is 31.0. The Morgan fingerprint density at radius 1 is 0.776 bits per heavy atom. The Hall–Kier alpha value is -4.67. The van der Waals surface area contributed by atoms with Gasteiger partial charge in [0, 0.05) is 36.1 Å². The molecule has 49 heavy (non-hydrogen) atoms. The van der Waals surface area contributed by atoms with Crippen molar-refractivity contribution in [2.45, 2.75) is 40.0 Å². The summed E-state index contributed by atoms with van der Waals surface area (Å²) >= 11 is 1.66. The molecule has 5 heteroatoms. The summed E-state index contributed by atoms with van der Waals surface area (Å²) in [5.74, 6) is 0.945. The minimum Gasteiger partial charge on any atom is -0.333 e. The largest absolute Gasteiger partial charge is 0.333 e. The van der Waals surface area contributed by atoms with Crippen molar-refractivity contribution in [3.8, 4) is 39.5 Å². The van der Waals surface area contributed by atoms with E-state index in [1.807, 2.05) is 18.2 Å². The van der Waals surface area contributed by atoms with Crippen molar-refractivity contribution in [3.63, 3.8) is 0 Å². The molecular weight excluding hydrogens is 795 g/mol. The zero-order chi connectivity index (χ0) is 35.8. The summed E-state index contributed by atoms with van der Waals surface area (Å²) in [6.45, 7) is 6.91. The number of para-hydroxylation sites is 2. The van der Waals surface area contributed by atoms with Gasteiger partial charge in [-0.05, 0) is 71.4 Å². The molecule has 0 aliphatic heterocycles. The van der Waals surface area contributed by atoms with Crippen LogP contribution in [0.4, 0.5) is 0 Å². The predicted octanol–water partition coefficient (Wildman–Crippen LogP) is 11.8. The van der Waals surface area contributed by atoms with Crippen molar-refractivity contribution in [2.24, 2.45) is 0 Å². The van der Waals surface area contributed by atoms with Gasteiger partial charge in [0.25, 0.3) is 0 Å². The number of nitrogens with zero attached hydrogens (tertiary/aromatic N) is 3. The minimum absolute atomic E-state index is 0. The van der Waals surface area contributed by atoms with Crippen molar-refractivity contribution in [1.29, 1.82) is 0 Å². The molecule has 0 saturated carbocycles. The van der Waals surface area contributed by atoms with Crippen LogP contribution < -0.4 is 0 Å². The van der Waals surface area contributed by atoms with E-state index in [1.54, 1.807) is 29.5 Å². The summed E-state index contributed by atoms with van der Waals surface area (Å²) in [4.78, 5) is 9.28. The summed E-state index contributed by atoms with van der Waals surface area (Å²) in [5, 5.41) is 4.79. The molecule has 0 fully saturated rings. The first-order valence-corrected chi connectivity index (χ1v) is 16.8. The van der Waals surface area contributed by atoms with Crippen LogP contribution in [0, 0.1) is 25.2 Å². The smallest absolute Gasteiger partial charge is 0.0774 e. The summed E-state index contributed by atoms with van der Waals surface area (Å²) in [5.41, 5.74) is 11.1. The van der Waals surface area contributed by atoms with Crippen LogP contribution in [0.2, 0.25) is 0 Å². The van der Waals surface area contributed by atoms with E-state index < -0.39 is 6.85 Å². The molecular formula is C44H37IrN3S-2. The van der Waals surface area contributed by atoms with Gasteiger partial charge in [0.05, 0.1) is 16.9 Å². The van der Waals surface area contributed by atoms with Gasteiger partial charge in [0.15, 0.2) is 0 Å². The van der Waals surface area contributed by atoms with Crippen molar-refractivity contribution >= 4 is 32.5 Å². The number of rotatable bonds is 4. The first kappa shape index (κ1) is 30.4. The van der Waals surface area contributed by atoms with Crippen LogP contribution >= 0.6 is 11.3 Å². The Labute approximate surface area is 310 Å². The zero-order valence-electron chi connectivity index (χ0n) is 30.8. The van der Waals surface area contributed by atoms with E-state index in [0.29, 0.717) is 0 Å². The maximum atomic E-state index is 7.23. The van der Waals surface area contributed by atoms with Crippen LogP contribution in [0.25, 0.3) is 60.6 Å². The second-order valence-corrected chi connectivity index (χ2v) is 13.7. The fraction of sp³-hybridized carbons (Fsp3) is 0.136. The molecule has 0 saturated heterocycles. The molecule has 5 aromatic carbocycles. The molecule has 1 radical (unpaired) electrons. The third kappa shape index (κ3) is 7.21. The molecule has 3 nitrogen and oxygen atoms in total. The number of aromatic nitrogens is 3. The van der Waals surface area contributed by atoms with E-state index in [4.69, 9.17) is 9.10 Å². The van der Waals surface area contributed by atoms with E-state index in [0.717, 1.165) is 33.7 Å². The van der Waals surface area contributed by atoms with Crippen LogP contribution in [-0.2, 0) is 25.5 Å². The number of benzene rings is 5. The quantitative estimate of drug-likeness (QED) is 0.165. The second kappa shape index (κ2) is 14.4. The molecule has 0 unspecified atom stereocenters.